The predicted octanol–water partition coefficient (Wildman–Crippen LogP) is 8.80. The maximum absolute atomic E-state index is 5.28. The lowest BCUT2D eigenvalue weighted by atomic mass is 10.1. The Hall–Kier alpha value is -4.87. The second-order valence-corrected chi connectivity index (χ2v) is 11.0. The van der Waals surface area contributed by atoms with Gasteiger partial charge in [0.15, 0.2) is 0 Å². The van der Waals surface area contributed by atoms with Crippen molar-refractivity contribution in [3.8, 4) is 22.9 Å². The smallest absolute Gasteiger partial charge is 0.235 e. The lowest BCUT2D eigenvalue weighted by Crippen LogP contribution is -2.05. The van der Waals surface area contributed by atoms with Crippen LogP contribution in [-0.4, -0.2) is 19.1 Å². The predicted molar refractivity (Wildman–Crippen MR) is 160 cm³/mol. The summed E-state index contributed by atoms with van der Waals surface area (Å²) in [6, 6.07) is 40.8. The van der Waals surface area contributed by atoms with Crippen molar-refractivity contribution in [3.05, 3.63) is 121 Å². The molecule has 39 heavy (non-hydrogen) atoms. The number of fused-ring (bicyclic) bond motifs is 6. The summed E-state index contributed by atoms with van der Waals surface area (Å²) in [5, 5.41) is 4.70. The fraction of sp³-hybridized carbons (Fsp3) is 0. The van der Waals surface area contributed by atoms with Crippen molar-refractivity contribution in [2.45, 2.75) is 9.79 Å². The number of hydrogen-bond donors (Lipinski definition) is 0. The van der Waals surface area contributed by atoms with Crippen LogP contribution in [0.25, 0.3) is 66.5 Å². The maximum atomic E-state index is 5.28. The van der Waals surface area contributed by atoms with Crippen LogP contribution in [-0.2, 0) is 0 Å². The third kappa shape index (κ3) is 2.96. The van der Waals surface area contributed by atoms with Gasteiger partial charge in [-0.05, 0) is 54.6 Å². The number of aromatic nitrogens is 4. The first-order chi connectivity index (χ1) is 19.3. The highest BCUT2D eigenvalue weighted by Gasteiger charge is 2.23. The molecule has 4 heterocycles. The van der Waals surface area contributed by atoms with E-state index >= 15 is 0 Å². The monoisotopic (exact) mass is 516 g/mol. The van der Waals surface area contributed by atoms with Crippen LogP contribution in [0.3, 0.4) is 0 Å². The molecule has 0 spiro atoms. The zero-order valence-electron chi connectivity index (χ0n) is 20.7. The van der Waals surface area contributed by atoms with E-state index in [0.717, 1.165) is 38.9 Å². The van der Waals surface area contributed by atoms with Crippen molar-refractivity contribution < 1.29 is 0 Å². The molecule has 3 aromatic heterocycles. The molecule has 8 aromatic rings. The molecular formula is C34H20N4S. The Kier molecular flexibility index (Phi) is 4.23. The lowest BCUT2D eigenvalue weighted by molar-refractivity contribution is 1.01. The molecule has 0 fully saturated rings. The van der Waals surface area contributed by atoms with Gasteiger partial charge in [0, 0.05) is 48.8 Å². The first-order valence-corrected chi connectivity index (χ1v) is 13.8. The minimum atomic E-state index is 0.699. The van der Waals surface area contributed by atoms with Crippen LogP contribution in [0.2, 0.25) is 0 Å². The third-order valence-electron chi connectivity index (χ3n) is 7.75. The molecule has 182 valence electrons. The standard InChI is InChI=1S/C34H20N4S/c1-2-9-22(10-3-1)37-18-17-21-19-29-25(20-28(21)37)23-11-4-6-14-27(23)38(29)34-35-26-13-8-16-31-32(26)33(36-34)24-12-5-7-15-30(24)39-31/h1-20H. The van der Waals surface area contributed by atoms with Crippen LogP contribution in [0.15, 0.2) is 131 Å². The molecule has 1 aliphatic heterocycles. The summed E-state index contributed by atoms with van der Waals surface area (Å²) in [6.07, 6.45) is 2.15. The minimum Gasteiger partial charge on any atom is -0.317 e. The van der Waals surface area contributed by atoms with Gasteiger partial charge in [0.25, 0.3) is 0 Å². The highest BCUT2D eigenvalue weighted by molar-refractivity contribution is 7.99. The van der Waals surface area contributed by atoms with Gasteiger partial charge in [-0.3, -0.25) is 4.57 Å². The van der Waals surface area contributed by atoms with Crippen molar-refractivity contribution >= 4 is 55.4 Å². The molecule has 0 saturated heterocycles. The largest absolute Gasteiger partial charge is 0.317 e. The first-order valence-electron chi connectivity index (χ1n) is 13.0. The Bertz CT molecular complexity index is 2260. The summed E-state index contributed by atoms with van der Waals surface area (Å²) in [5.74, 6) is 0.699. The summed E-state index contributed by atoms with van der Waals surface area (Å²) >= 11 is 1.80. The van der Waals surface area contributed by atoms with Crippen molar-refractivity contribution in [1.29, 1.82) is 0 Å². The average Bonchev–Trinajstić information content (AvgIpc) is 3.55. The van der Waals surface area contributed by atoms with Crippen molar-refractivity contribution in [2.24, 2.45) is 0 Å². The second-order valence-electron chi connectivity index (χ2n) is 9.92. The Morgan fingerprint density at radius 2 is 1.41 bits per heavy atom. The summed E-state index contributed by atoms with van der Waals surface area (Å²) in [7, 11) is 0. The quantitative estimate of drug-likeness (QED) is 0.230. The molecule has 4 nitrogen and oxygen atoms in total. The second kappa shape index (κ2) is 7.82. The maximum Gasteiger partial charge on any atom is 0.235 e. The highest BCUT2D eigenvalue weighted by atomic mass is 32.2. The van der Waals surface area contributed by atoms with E-state index in [4.69, 9.17) is 9.97 Å². The molecule has 0 saturated carbocycles. The summed E-state index contributed by atoms with van der Waals surface area (Å²) in [5.41, 5.74) is 7.68. The molecular weight excluding hydrogens is 496 g/mol. The average molecular weight is 517 g/mol. The van der Waals surface area contributed by atoms with E-state index in [9.17, 15) is 0 Å². The van der Waals surface area contributed by atoms with Crippen LogP contribution >= 0.6 is 11.8 Å². The molecule has 5 heteroatoms. The topological polar surface area (TPSA) is 35.6 Å². The number of para-hydroxylation sites is 2. The number of benzene rings is 5. The molecule has 1 aliphatic rings. The SMILES string of the molecule is c1ccc(-n2ccc3cc4c(cc32)c2ccccc2n4-c2nc3c4c(cccc4n2)Sc2ccccc2-3)cc1. The van der Waals surface area contributed by atoms with Gasteiger partial charge in [-0.2, -0.15) is 0 Å². The third-order valence-corrected chi connectivity index (χ3v) is 8.89. The molecule has 0 N–H and O–H groups in total. The van der Waals surface area contributed by atoms with E-state index < -0.39 is 0 Å². The molecule has 0 aliphatic carbocycles. The Morgan fingerprint density at radius 3 is 2.36 bits per heavy atom. The van der Waals surface area contributed by atoms with E-state index in [1.165, 1.54) is 31.5 Å². The van der Waals surface area contributed by atoms with Gasteiger partial charge >= 0.3 is 0 Å². The molecule has 0 bridgehead atoms. The van der Waals surface area contributed by atoms with Crippen molar-refractivity contribution in [3.63, 3.8) is 0 Å². The Morgan fingerprint density at radius 1 is 0.590 bits per heavy atom. The van der Waals surface area contributed by atoms with Gasteiger partial charge in [0.2, 0.25) is 5.95 Å². The Labute approximate surface area is 228 Å². The number of nitrogens with zero attached hydrogens (tertiary/aromatic N) is 4. The van der Waals surface area contributed by atoms with Crippen molar-refractivity contribution in [1.82, 2.24) is 19.1 Å². The van der Waals surface area contributed by atoms with Gasteiger partial charge in [-0.25, -0.2) is 9.97 Å². The van der Waals surface area contributed by atoms with Gasteiger partial charge < -0.3 is 4.57 Å². The molecule has 0 unspecified atom stereocenters. The minimum absolute atomic E-state index is 0.699. The van der Waals surface area contributed by atoms with E-state index in [1.54, 1.807) is 11.8 Å². The summed E-state index contributed by atoms with van der Waals surface area (Å²) < 4.78 is 4.49. The van der Waals surface area contributed by atoms with Crippen LogP contribution in [0.1, 0.15) is 0 Å². The van der Waals surface area contributed by atoms with Crippen LogP contribution in [0.5, 0.6) is 0 Å². The van der Waals surface area contributed by atoms with Gasteiger partial charge in [-0.15, -0.1) is 0 Å². The Balaban J connectivity index is 1.38. The van der Waals surface area contributed by atoms with Crippen LogP contribution in [0, 0.1) is 0 Å². The molecule has 5 aromatic carbocycles. The number of hydrogen-bond acceptors (Lipinski definition) is 3. The molecule has 0 atom stereocenters. The summed E-state index contributed by atoms with van der Waals surface area (Å²) in [4.78, 5) is 12.9. The fourth-order valence-electron chi connectivity index (χ4n) is 6.02. The lowest BCUT2D eigenvalue weighted by Gasteiger charge is -2.20. The highest BCUT2D eigenvalue weighted by Crippen LogP contribution is 2.47. The summed E-state index contributed by atoms with van der Waals surface area (Å²) in [6.45, 7) is 0. The van der Waals surface area contributed by atoms with Gasteiger partial charge in [0.05, 0.1) is 27.8 Å². The fourth-order valence-corrected chi connectivity index (χ4v) is 7.12. The van der Waals surface area contributed by atoms with E-state index in [0.29, 0.717) is 5.95 Å². The first kappa shape index (κ1) is 21.1. The van der Waals surface area contributed by atoms with E-state index in [-0.39, 0.29) is 0 Å². The molecule has 9 rings (SSSR count). The van der Waals surface area contributed by atoms with E-state index in [1.807, 2.05) is 0 Å². The zero-order valence-corrected chi connectivity index (χ0v) is 21.6. The van der Waals surface area contributed by atoms with Gasteiger partial charge in [0.1, 0.15) is 0 Å². The van der Waals surface area contributed by atoms with Gasteiger partial charge in [-0.1, -0.05) is 72.4 Å². The van der Waals surface area contributed by atoms with Crippen molar-refractivity contribution in [2.75, 3.05) is 0 Å². The normalized spacial score (nSPS) is 12.5. The van der Waals surface area contributed by atoms with Crippen LogP contribution in [0.4, 0.5) is 0 Å². The number of rotatable bonds is 2. The van der Waals surface area contributed by atoms with Crippen LogP contribution < -0.4 is 0 Å². The molecule has 0 radical (unpaired) electrons. The molecule has 0 amide bonds. The van der Waals surface area contributed by atoms with E-state index in [2.05, 4.69) is 131 Å². The zero-order chi connectivity index (χ0) is 25.5.